The molecule has 0 amide bonds. The number of rotatable bonds is 5. The maximum Gasteiger partial charge on any atom is 0.126 e. The third kappa shape index (κ3) is 5.33. The van der Waals surface area contributed by atoms with Crippen LogP contribution < -0.4 is 4.74 Å². The van der Waals surface area contributed by atoms with E-state index in [1.165, 1.54) is 23.9 Å². The zero-order valence-electron chi connectivity index (χ0n) is 14.3. The van der Waals surface area contributed by atoms with Crippen LogP contribution in [0.3, 0.4) is 0 Å². The van der Waals surface area contributed by atoms with E-state index in [0.717, 1.165) is 26.9 Å². The van der Waals surface area contributed by atoms with Gasteiger partial charge in [-0.15, -0.1) is 0 Å². The van der Waals surface area contributed by atoms with Gasteiger partial charge < -0.3 is 4.74 Å². The molecule has 130 valence electrons. The van der Waals surface area contributed by atoms with Crippen molar-refractivity contribution in [3.63, 3.8) is 0 Å². The second-order valence-electron chi connectivity index (χ2n) is 5.54. The molecule has 0 bridgehead atoms. The maximum atomic E-state index is 13.2. The molecule has 0 unspecified atom stereocenters. The van der Waals surface area contributed by atoms with Crippen LogP contribution in [0.4, 0.5) is 10.1 Å². The van der Waals surface area contributed by atoms with E-state index in [0.29, 0.717) is 0 Å². The molecule has 0 fully saturated rings. The Bertz CT molecular complexity index is 890. The molecule has 0 atom stereocenters. The van der Waals surface area contributed by atoms with Crippen LogP contribution in [0.25, 0.3) is 0 Å². The molecule has 3 rings (SSSR count). The van der Waals surface area contributed by atoms with E-state index in [1.807, 2.05) is 67.6 Å². The Morgan fingerprint density at radius 2 is 1.50 bits per heavy atom. The second kappa shape index (κ2) is 9.02. The molecule has 26 heavy (non-hydrogen) atoms. The van der Waals surface area contributed by atoms with E-state index >= 15 is 0 Å². The predicted molar refractivity (Wildman–Crippen MR) is 107 cm³/mol. The number of nitrogens with zero attached hydrogens (tertiary/aromatic N) is 1. The average molecular weight is 363 g/mol. The largest absolute Gasteiger partial charge is 0.465 e. The Balaban J connectivity index is 1.86. The third-order valence-electron chi connectivity index (χ3n) is 3.47. The maximum absolute atomic E-state index is 13.2. The molecule has 0 spiro atoms. The number of aliphatic imine (C=N–C) groups is 1. The predicted octanol–water partition coefficient (Wildman–Crippen LogP) is 6.63. The minimum Gasteiger partial charge on any atom is -0.465 e. The van der Waals surface area contributed by atoms with Gasteiger partial charge in [0.25, 0.3) is 0 Å². The SMILES string of the molecule is C/C(=C\Oc1ccccc1)C(=Nc1ccccc1)Sc1ccc(F)cc1. The molecule has 3 aromatic carbocycles. The van der Waals surface area contributed by atoms with Crippen LogP contribution in [0.5, 0.6) is 5.75 Å². The molecule has 3 aromatic rings. The van der Waals surface area contributed by atoms with Gasteiger partial charge in [0.2, 0.25) is 0 Å². The first-order chi connectivity index (χ1) is 12.7. The van der Waals surface area contributed by atoms with Gasteiger partial charge in [0.15, 0.2) is 0 Å². The van der Waals surface area contributed by atoms with Crippen molar-refractivity contribution in [3.8, 4) is 5.75 Å². The lowest BCUT2D eigenvalue weighted by Crippen LogP contribution is -1.97. The number of hydrogen-bond acceptors (Lipinski definition) is 3. The summed E-state index contributed by atoms with van der Waals surface area (Å²) in [5.41, 5.74) is 1.73. The van der Waals surface area contributed by atoms with Crippen molar-refractivity contribution in [1.82, 2.24) is 0 Å². The van der Waals surface area contributed by atoms with Gasteiger partial charge in [-0.25, -0.2) is 9.38 Å². The summed E-state index contributed by atoms with van der Waals surface area (Å²) in [4.78, 5) is 5.64. The summed E-state index contributed by atoms with van der Waals surface area (Å²) < 4.78 is 18.9. The van der Waals surface area contributed by atoms with Crippen molar-refractivity contribution in [2.24, 2.45) is 4.99 Å². The molecule has 4 heteroatoms. The highest BCUT2D eigenvalue weighted by Crippen LogP contribution is 2.27. The highest BCUT2D eigenvalue weighted by Gasteiger charge is 2.07. The van der Waals surface area contributed by atoms with Crippen molar-refractivity contribution >= 4 is 22.5 Å². The van der Waals surface area contributed by atoms with Gasteiger partial charge >= 0.3 is 0 Å². The fraction of sp³-hybridized carbons (Fsp3) is 0.0455. The van der Waals surface area contributed by atoms with E-state index in [4.69, 9.17) is 9.73 Å². The lowest BCUT2D eigenvalue weighted by Gasteiger charge is -2.08. The number of para-hydroxylation sites is 2. The zero-order valence-corrected chi connectivity index (χ0v) is 15.1. The van der Waals surface area contributed by atoms with E-state index in [2.05, 4.69) is 0 Å². The molecule has 0 saturated heterocycles. The van der Waals surface area contributed by atoms with Crippen LogP contribution in [0.2, 0.25) is 0 Å². The summed E-state index contributed by atoms with van der Waals surface area (Å²) >= 11 is 1.47. The standard InChI is InChI=1S/C22H18FNOS/c1-17(16-25-20-10-6-3-7-11-20)22(24-19-8-4-2-5-9-19)26-21-14-12-18(23)13-15-21/h2-16H,1H3/b17-16+,24-22?. The highest BCUT2D eigenvalue weighted by atomic mass is 32.2. The first-order valence-corrected chi connectivity index (χ1v) is 8.98. The molecule has 0 N–H and O–H groups in total. The summed E-state index contributed by atoms with van der Waals surface area (Å²) in [7, 11) is 0. The number of thioether (sulfide) groups is 1. The van der Waals surface area contributed by atoms with E-state index in [-0.39, 0.29) is 5.82 Å². The van der Waals surface area contributed by atoms with Gasteiger partial charge in [-0.1, -0.05) is 48.2 Å². The summed E-state index contributed by atoms with van der Waals surface area (Å²) in [6.07, 6.45) is 1.69. The molecule has 0 aliphatic heterocycles. The number of ether oxygens (including phenoxy) is 1. The van der Waals surface area contributed by atoms with Gasteiger partial charge in [0, 0.05) is 10.5 Å². The van der Waals surface area contributed by atoms with Crippen LogP contribution in [-0.4, -0.2) is 5.04 Å². The smallest absolute Gasteiger partial charge is 0.126 e. The fourth-order valence-electron chi connectivity index (χ4n) is 2.13. The topological polar surface area (TPSA) is 21.6 Å². The van der Waals surface area contributed by atoms with Gasteiger partial charge in [0.05, 0.1) is 11.9 Å². The summed E-state index contributed by atoms with van der Waals surface area (Å²) in [6.45, 7) is 1.95. The molecule has 0 aliphatic rings. The molecule has 0 aromatic heterocycles. The van der Waals surface area contributed by atoms with Crippen molar-refractivity contribution in [1.29, 1.82) is 0 Å². The van der Waals surface area contributed by atoms with Gasteiger partial charge in [0.1, 0.15) is 16.6 Å². The normalized spacial score (nSPS) is 12.1. The average Bonchev–Trinajstić information content (AvgIpc) is 2.69. The number of benzene rings is 3. The Morgan fingerprint density at radius 3 is 2.15 bits per heavy atom. The van der Waals surface area contributed by atoms with Gasteiger partial charge in [-0.2, -0.15) is 0 Å². The van der Waals surface area contributed by atoms with Crippen LogP contribution in [0.15, 0.2) is 107 Å². The number of halogens is 1. The van der Waals surface area contributed by atoms with Crippen molar-refractivity contribution in [2.45, 2.75) is 11.8 Å². The Hall–Kier alpha value is -2.85. The minimum atomic E-state index is -0.254. The molecule has 0 saturated carbocycles. The van der Waals surface area contributed by atoms with Gasteiger partial charge in [-0.3, -0.25) is 0 Å². The highest BCUT2D eigenvalue weighted by molar-refractivity contribution is 8.14. The molecule has 0 aliphatic carbocycles. The van der Waals surface area contributed by atoms with Crippen LogP contribution in [0.1, 0.15) is 6.92 Å². The van der Waals surface area contributed by atoms with Crippen LogP contribution in [0, 0.1) is 5.82 Å². The molecular weight excluding hydrogens is 345 g/mol. The van der Waals surface area contributed by atoms with E-state index < -0.39 is 0 Å². The number of hydrogen-bond donors (Lipinski definition) is 0. The van der Waals surface area contributed by atoms with Crippen molar-refractivity contribution < 1.29 is 9.13 Å². The quantitative estimate of drug-likeness (QED) is 0.220. The Labute approximate surface area is 157 Å². The van der Waals surface area contributed by atoms with Crippen LogP contribution in [-0.2, 0) is 0 Å². The molecule has 2 nitrogen and oxygen atoms in total. The first kappa shape index (κ1) is 18.0. The van der Waals surface area contributed by atoms with Crippen molar-refractivity contribution in [2.75, 3.05) is 0 Å². The third-order valence-corrected chi connectivity index (χ3v) is 4.58. The summed E-state index contributed by atoms with van der Waals surface area (Å²) in [5.74, 6) is 0.508. The van der Waals surface area contributed by atoms with Gasteiger partial charge in [-0.05, 0) is 55.5 Å². The lowest BCUT2D eigenvalue weighted by molar-refractivity contribution is 0.478. The first-order valence-electron chi connectivity index (χ1n) is 8.17. The lowest BCUT2D eigenvalue weighted by atomic mass is 10.3. The van der Waals surface area contributed by atoms with E-state index in [1.54, 1.807) is 18.4 Å². The zero-order chi connectivity index (χ0) is 18.2. The second-order valence-corrected chi connectivity index (χ2v) is 6.60. The summed E-state index contributed by atoms with van der Waals surface area (Å²) in [5, 5.41) is 0.790. The Kier molecular flexibility index (Phi) is 6.23. The van der Waals surface area contributed by atoms with Crippen molar-refractivity contribution in [3.05, 3.63) is 103 Å². The minimum absolute atomic E-state index is 0.254. The fourth-order valence-corrected chi connectivity index (χ4v) is 2.99. The van der Waals surface area contributed by atoms with Crippen LogP contribution >= 0.6 is 11.8 Å². The molecular formula is C22H18FNOS. The Morgan fingerprint density at radius 1 is 0.885 bits per heavy atom. The monoisotopic (exact) mass is 363 g/mol. The molecule has 0 heterocycles. The van der Waals surface area contributed by atoms with E-state index in [9.17, 15) is 4.39 Å². The molecule has 0 radical (unpaired) electrons. The summed E-state index contributed by atoms with van der Waals surface area (Å²) in [6, 6.07) is 25.7.